The molecular weight excluding hydrogens is 287 g/mol. The molecule has 21 heavy (non-hydrogen) atoms. The van der Waals surface area contributed by atoms with Crippen LogP contribution in [0.15, 0.2) is 42.5 Å². The fourth-order valence-corrected chi connectivity index (χ4v) is 1.77. The maximum atomic E-state index is 12.4. The monoisotopic (exact) mass is 297 g/mol. The molecule has 0 atom stereocenters. The Morgan fingerprint density at radius 2 is 1.71 bits per heavy atom. The van der Waals surface area contributed by atoms with E-state index in [1.807, 2.05) is 0 Å². The van der Waals surface area contributed by atoms with Gasteiger partial charge in [-0.1, -0.05) is 12.1 Å². The van der Waals surface area contributed by atoms with Crippen molar-refractivity contribution in [2.45, 2.75) is 6.36 Å². The lowest BCUT2D eigenvalue weighted by Gasteiger charge is -2.14. The summed E-state index contributed by atoms with van der Waals surface area (Å²) in [5, 5.41) is 9.29. The van der Waals surface area contributed by atoms with Crippen LogP contribution in [0.4, 0.5) is 13.2 Å². The molecular formula is C14H10F3NO3. The maximum Gasteiger partial charge on any atom is 0.573 e. The molecule has 0 fully saturated rings. The SMILES string of the molecule is NC(=O)c1ccc(-c2ccc(O)cc2OC(F)(F)F)cc1. The first-order chi connectivity index (χ1) is 9.76. The van der Waals surface area contributed by atoms with E-state index < -0.39 is 18.0 Å². The second kappa shape index (κ2) is 5.35. The minimum Gasteiger partial charge on any atom is -0.508 e. The summed E-state index contributed by atoms with van der Waals surface area (Å²) in [5.41, 5.74) is 5.84. The van der Waals surface area contributed by atoms with Gasteiger partial charge in [0.15, 0.2) is 0 Å². The normalized spacial score (nSPS) is 11.2. The van der Waals surface area contributed by atoms with Crippen LogP contribution in [-0.4, -0.2) is 17.4 Å². The van der Waals surface area contributed by atoms with Crippen molar-refractivity contribution in [3.05, 3.63) is 48.0 Å². The number of nitrogens with two attached hydrogens (primary N) is 1. The third-order valence-electron chi connectivity index (χ3n) is 2.67. The largest absolute Gasteiger partial charge is 0.573 e. The summed E-state index contributed by atoms with van der Waals surface area (Å²) >= 11 is 0. The van der Waals surface area contributed by atoms with Crippen LogP contribution >= 0.6 is 0 Å². The predicted octanol–water partition coefficient (Wildman–Crippen LogP) is 3.06. The van der Waals surface area contributed by atoms with E-state index in [1.165, 1.54) is 36.4 Å². The van der Waals surface area contributed by atoms with Crippen LogP contribution in [0, 0.1) is 0 Å². The lowest BCUT2D eigenvalue weighted by atomic mass is 10.0. The summed E-state index contributed by atoms with van der Waals surface area (Å²) in [6, 6.07) is 9.05. The number of phenolic OH excluding ortho intramolecular Hbond substituents is 1. The van der Waals surface area contributed by atoms with Crippen molar-refractivity contribution in [2.24, 2.45) is 5.73 Å². The minimum atomic E-state index is -4.88. The smallest absolute Gasteiger partial charge is 0.508 e. The maximum absolute atomic E-state index is 12.4. The first-order valence-corrected chi connectivity index (χ1v) is 5.75. The molecule has 0 aliphatic heterocycles. The summed E-state index contributed by atoms with van der Waals surface area (Å²) in [7, 11) is 0. The van der Waals surface area contributed by atoms with E-state index in [4.69, 9.17) is 5.73 Å². The van der Waals surface area contributed by atoms with Crippen molar-refractivity contribution < 1.29 is 27.8 Å². The van der Waals surface area contributed by atoms with E-state index in [2.05, 4.69) is 4.74 Å². The summed E-state index contributed by atoms with van der Waals surface area (Å²) < 4.78 is 41.0. The molecule has 1 amide bonds. The zero-order valence-electron chi connectivity index (χ0n) is 10.5. The molecule has 0 saturated carbocycles. The van der Waals surface area contributed by atoms with Crippen LogP contribution in [0.5, 0.6) is 11.5 Å². The average molecular weight is 297 g/mol. The van der Waals surface area contributed by atoms with Gasteiger partial charge in [-0.2, -0.15) is 0 Å². The van der Waals surface area contributed by atoms with Gasteiger partial charge in [-0.3, -0.25) is 4.79 Å². The highest BCUT2D eigenvalue weighted by Crippen LogP contribution is 2.36. The molecule has 2 aromatic carbocycles. The molecule has 0 heterocycles. The number of phenols is 1. The van der Waals surface area contributed by atoms with Crippen LogP contribution in [0.2, 0.25) is 0 Å². The molecule has 0 saturated heterocycles. The van der Waals surface area contributed by atoms with E-state index >= 15 is 0 Å². The van der Waals surface area contributed by atoms with Gasteiger partial charge in [0, 0.05) is 17.2 Å². The molecule has 3 N–H and O–H groups in total. The van der Waals surface area contributed by atoms with Crippen molar-refractivity contribution in [1.29, 1.82) is 0 Å². The van der Waals surface area contributed by atoms with Crippen LogP contribution < -0.4 is 10.5 Å². The standard InChI is InChI=1S/C14H10F3NO3/c15-14(16,17)21-12-7-10(19)5-6-11(12)8-1-3-9(4-2-8)13(18)20/h1-7,19H,(H2,18,20). The molecule has 110 valence electrons. The quantitative estimate of drug-likeness (QED) is 0.914. The Kier molecular flexibility index (Phi) is 3.75. The van der Waals surface area contributed by atoms with Gasteiger partial charge in [-0.15, -0.1) is 13.2 Å². The van der Waals surface area contributed by atoms with Crippen LogP contribution in [-0.2, 0) is 0 Å². The number of hydrogen-bond acceptors (Lipinski definition) is 3. The summed E-state index contributed by atoms with van der Waals surface area (Å²) in [6.45, 7) is 0. The first-order valence-electron chi connectivity index (χ1n) is 5.75. The third kappa shape index (κ3) is 3.65. The number of alkyl halides is 3. The topological polar surface area (TPSA) is 72.6 Å². The van der Waals surface area contributed by atoms with E-state index in [0.29, 0.717) is 5.56 Å². The van der Waals surface area contributed by atoms with E-state index in [-0.39, 0.29) is 16.9 Å². The Labute approximate surface area is 117 Å². The number of amides is 1. The van der Waals surface area contributed by atoms with Crippen molar-refractivity contribution in [3.63, 3.8) is 0 Å². The van der Waals surface area contributed by atoms with E-state index in [9.17, 15) is 23.1 Å². The highest BCUT2D eigenvalue weighted by Gasteiger charge is 2.32. The third-order valence-corrected chi connectivity index (χ3v) is 2.67. The van der Waals surface area contributed by atoms with Crippen molar-refractivity contribution >= 4 is 5.91 Å². The van der Waals surface area contributed by atoms with Gasteiger partial charge in [-0.25, -0.2) is 0 Å². The van der Waals surface area contributed by atoms with Gasteiger partial charge in [-0.05, 0) is 29.8 Å². The number of primary amides is 1. The number of carbonyl (C=O) groups excluding carboxylic acids is 1. The van der Waals surface area contributed by atoms with Crippen molar-refractivity contribution in [1.82, 2.24) is 0 Å². The van der Waals surface area contributed by atoms with Gasteiger partial charge < -0.3 is 15.6 Å². The molecule has 2 rings (SSSR count). The molecule has 0 aliphatic carbocycles. The number of carbonyl (C=O) groups is 1. The molecule has 0 spiro atoms. The zero-order chi connectivity index (χ0) is 15.6. The molecule has 4 nitrogen and oxygen atoms in total. The molecule has 0 radical (unpaired) electrons. The zero-order valence-corrected chi connectivity index (χ0v) is 10.5. The van der Waals surface area contributed by atoms with Gasteiger partial charge >= 0.3 is 6.36 Å². The van der Waals surface area contributed by atoms with E-state index in [0.717, 1.165) is 6.07 Å². The Bertz CT molecular complexity index is 666. The number of rotatable bonds is 3. The number of aromatic hydroxyl groups is 1. The van der Waals surface area contributed by atoms with Crippen molar-refractivity contribution in [2.75, 3.05) is 0 Å². The number of hydrogen-bond donors (Lipinski definition) is 2. The highest BCUT2D eigenvalue weighted by atomic mass is 19.4. The summed E-state index contributed by atoms with van der Waals surface area (Å²) in [6.07, 6.45) is -4.88. The number of ether oxygens (including phenoxy) is 1. The predicted molar refractivity (Wildman–Crippen MR) is 68.7 cm³/mol. The van der Waals surface area contributed by atoms with Gasteiger partial charge in [0.2, 0.25) is 5.91 Å². The van der Waals surface area contributed by atoms with Gasteiger partial charge in [0.1, 0.15) is 11.5 Å². The van der Waals surface area contributed by atoms with Crippen LogP contribution in [0.1, 0.15) is 10.4 Å². The Hall–Kier alpha value is -2.70. The molecule has 0 aromatic heterocycles. The molecule has 0 aliphatic rings. The molecule has 2 aromatic rings. The lowest BCUT2D eigenvalue weighted by molar-refractivity contribution is -0.274. The van der Waals surface area contributed by atoms with Crippen LogP contribution in [0.25, 0.3) is 11.1 Å². The highest BCUT2D eigenvalue weighted by molar-refractivity contribution is 5.93. The number of halogens is 3. The lowest BCUT2D eigenvalue weighted by Crippen LogP contribution is -2.17. The fourth-order valence-electron chi connectivity index (χ4n) is 1.77. The van der Waals surface area contributed by atoms with Crippen molar-refractivity contribution in [3.8, 4) is 22.6 Å². The molecule has 0 bridgehead atoms. The van der Waals surface area contributed by atoms with Gasteiger partial charge in [0.05, 0.1) is 0 Å². The first kappa shape index (κ1) is 14.7. The summed E-state index contributed by atoms with van der Waals surface area (Å²) in [4.78, 5) is 11.0. The Morgan fingerprint density at radius 3 is 2.24 bits per heavy atom. The molecule has 0 unspecified atom stereocenters. The second-order valence-electron chi connectivity index (χ2n) is 4.17. The summed E-state index contributed by atoms with van der Waals surface area (Å²) in [5.74, 6) is -1.53. The average Bonchev–Trinajstić information content (AvgIpc) is 2.37. The Morgan fingerprint density at radius 1 is 1.10 bits per heavy atom. The Balaban J connectivity index is 2.45. The van der Waals surface area contributed by atoms with Crippen LogP contribution in [0.3, 0.4) is 0 Å². The minimum absolute atomic E-state index is 0.126. The fraction of sp³-hybridized carbons (Fsp3) is 0.0714. The van der Waals surface area contributed by atoms with Gasteiger partial charge in [0.25, 0.3) is 0 Å². The number of benzene rings is 2. The van der Waals surface area contributed by atoms with E-state index in [1.54, 1.807) is 0 Å². The molecule has 7 heteroatoms. The second-order valence-corrected chi connectivity index (χ2v) is 4.17.